The first kappa shape index (κ1) is 50.9. The normalized spacial score (nSPS) is 15.1. The third-order valence-electron chi connectivity index (χ3n) is 12.4. The Morgan fingerprint density at radius 2 is 0.523 bits per heavy atom. The number of aryl methyl sites for hydroxylation is 4. The molecule has 2 fully saturated rings. The summed E-state index contributed by atoms with van der Waals surface area (Å²) in [5, 5.41) is 0. The Bertz CT molecular complexity index is 2420. The van der Waals surface area contributed by atoms with Gasteiger partial charge in [0.2, 0.25) is 40.1 Å². The van der Waals surface area contributed by atoms with Gasteiger partial charge in [0.15, 0.2) is 0 Å². The minimum atomic E-state index is -3.88. The van der Waals surface area contributed by atoms with Crippen molar-refractivity contribution in [1.29, 1.82) is 0 Å². The number of rotatable bonds is 28. The van der Waals surface area contributed by atoms with Crippen molar-refractivity contribution in [2.45, 2.75) is 118 Å². The first-order valence-corrected chi connectivity index (χ1v) is 28.9. The summed E-state index contributed by atoms with van der Waals surface area (Å²) >= 11 is 0. The van der Waals surface area contributed by atoms with Crippen LogP contribution in [-0.2, 0) is 40.1 Å². The average Bonchev–Trinajstić information content (AvgIpc) is 4.22. The summed E-state index contributed by atoms with van der Waals surface area (Å²) in [5.41, 5.74) is 3.83. The number of nitrogens with zero attached hydrogens (tertiary/aromatic N) is 4. The van der Waals surface area contributed by atoms with Gasteiger partial charge in [-0.2, -0.15) is 17.2 Å². The Labute approximate surface area is 390 Å². The van der Waals surface area contributed by atoms with Crippen molar-refractivity contribution in [3.8, 4) is 0 Å². The van der Waals surface area contributed by atoms with Crippen LogP contribution in [0, 0.1) is 39.5 Å². The molecule has 12 nitrogen and oxygen atoms in total. The maximum Gasteiger partial charge on any atom is 0.243 e. The van der Waals surface area contributed by atoms with Crippen molar-refractivity contribution < 1.29 is 33.7 Å². The molecule has 0 spiro atoms. The molecule has 4 aromatic rings. The van der Waals surface area contributed by atoms with E-state index in [0.29, 0.717) is 69.9 Å². The van der Waals surface area contributed by atoms with Crippen molar-refractivity contribution in [2.75, 3.05) is 52.4 Å². The Morgan fingerprint density at radius 3 is 0.754 bits per heavy atom. The maximum absolute atomic E-state index is 14.1. The van der Waals surface area contributed by atoms with E-state index in [2.05, 4.69) is 0 Å². The molecule has 0 atom stereocenters. The lowest BCUT2D eigenvalue weighted by Crippen LogP contribution is -2.36. The van der Waals surface area contributed by atoms with E-state index in [1.165, 1.54) is 8.61 Å². The second kappa shape index (κ2) is 22.5. The van der Waals surface area contributed by atoms with Crippen molar-refractivity contribution in [3.05, 3.63) is 119 Å². The summed E-state index contributed by atoms with van der Waals surface area (Å²) in [6, 6.07) is 27.3. The summed E-state index contributed by atoms with van der Waals surface area (Å²) < 4.78 is 117. The molecule has 2 aliphatic rings. The Hall–Kier alpha value is -3.48. The van der Waals surface area contributed by atoms with Crippen LogP contribution in [0.15, 0.2) is 117 Å². The fraction of sp³-hybridized carbons (Fsp3) is 0.510. The predicted molar refractivity (Wildman–Crippen MR) is 258 cm³/mol. The van der Waals surface area contributed by atoms with Crippen molar-refractivity contribution >= 4 is 40.1 Å². The van der Waals surface area contributed by atoms with E-state index >= 15 is 0 Å². The van der Waals surface area contributed by atoms with Crippen molar-refractivity contribution in [2.24, 2.45) is 11.8 Å². The van der Waals surface area contributed by atoms with Crippen LogP contribution in [0.25, 0.3) is 0 Å². The fourth-order valence-corrected chi connectivity index (χ4v) is 14.0. The molecule has 0 saturated heterocycles. The zero-order valence-electron chi connectivity index (χ0n) is 38.5. The Morgan fingerprint density at radius 1 is 0.323 bits per heavy atom. The number of hydrogen-bond donors (Lipinski definition) is 0. The zero-order valence-corrected chi connectivity index (χ0v) is 41.8. The molecule has 2 aliphatic carbocycles. The molecule has 0 radical (unpaired) electrons. The molecule has 0 unspecified atom stereocenters. The molecule has 6 rings (SSSR count). The highest BCUT2D eigenvalue weighted by molar-refractivity contribution is 7.90. The molecule has 16 heteroatoms. The highest BCUT2D eigenvalue weighted by Gasteiger charge is 2.33. The second-order valence-electron chi connectivity index (χ2n) is 18.1. The van der Waals surface area contributed by atoms with Crippen LogP contribution in [0.3, 0.4) is 0 Å². The van der Waals surface area contributed by atoms with Gasteiger partial charge in [-0.25, -0.2) is 33.7 Å². The topological polar surface area (TPSA) is 150 Å². The van der Waals surface area contributed by atoms with Gasteiger partial charge < -0.3 is 0 Å². The SMILES string of the molecule is Cc1ccc(S(=O)(=O)N(CCCCCN(CCCCN(CC2CC2)S(=O)(=O)c2ccc(C)cc2)S(=O)(=O)c2ccc(C)cc2)CCCCN(CC2CC2)S(=O)(=O)c2ccc(C)cc2)cc1. The van der Waals surface area contributed by atoms with Crippen LogP contribution in [0.2, 0.25) is 0 Å². The van der Waals surface area contributed by atoms with E-state index in [9.17, 15) is 33.7 Å². The standard InChI is InChI=1S/C49H68N4O8S4/c1-40-12-24-46(25-13-40)62(54,55)50(34-8-10-36-52(38-44-20-21-44)64(58,59)48-28-16-42(3)17-29-48)32-6-5-7-33-51(63(56,57)47-26-14-41(2)15-27-47)35-9-11-37-53(39-45-22-23-45)65(60,61)49-30-18-43(4)19-31-49/h12-19,24-31,44-45H,5-11,20-23,32-39H2,1-4H3. The zero-order chi connectivity index (χ0) is 46.8. The monoisotopic (exact) mass is 968 g/mol. The fourth-order valence-electron chi connectivity index (χ4n) is 7.84. The number of unbranched alkanes of at least 4 members (excludes halogenated alkanes) is 4. The van der Waals surface area contributed by atoms with Gasteiger partial charge in [-0.3, -0.25) is 0 Å². The number of sulfonamides is 4. The molecule has 2 saturated carbocycles. The van der Waals surface area contributed by atoms with Gasteiger partial charge in [0.05, 0.1) is 19.6 Å². The van der Waals surface area contributed by atoms with Crippen LogP contribution < -0.4 is 0 Å². The predicted octanol–water partition coefficient (Wildman–Crippen LogP) is 8.53. The van der Waals surface area contributed by atoms with Crippen LogP contribution >= 0.6 is 0 Å². The van der Waals surface area contributed by atoms with Crippen LogP contribution in [0.1, 0.15) is 92.9 Å². The van der Waals surface area contributed by atoms with Crippen LogP contribution in [0.4, 0.5) is 0 Å². The summed E-state index contributed by atoms with van der Waals surface area (Å²) in [6.07, 6.45) is 7.44. The Balaban J connectivity index is 1.08. The highest BCUT2D eigenvalue weighted by Crippen LogP contribution is 2.33. The lowest BCUT2D eigenvalue weighted by atomic mass is 10.2. The van der Waals surface area contributed by atoms with Gasteiger partial charge in [0, 0.05) is 52.4 Å². The van der Waals surface area contributed by atoms with Gasteiger partial charge >= 0.3 is 0 Å². The lowest BCUT2D eigenvalue weighted by Gasteiger charge is -2.25. The van der Waals surface area contributed by atoms with Gasteiger partial charge in [-0.15, -0.1) is 0 Å². The van der Waals surface area contributed by atoms with Gasteiger partial charge in [-0.1, -0.05) is 77.2 Å². The third-order valence-corrected chi connectivity index (χ3v) is 20.0. The van der Waals surface area contributed by atoms with Crippen molar-refractivity contribution in [1.82, 2.24) is 17.2 Å². The molecule has 0 heterocycles. The summed E-state index contributed by atoms with van der Waals surface area (Å²) in [7, 11) is -15.2. The molecule has 65 heavy (non-hydrogen) atoms. The third kappa shape index (κ3) is 14.3. The highest BCUT2D eigenvalue weighted by atomic mass is 32.2. The van der Waals surface area contributed by atoms with E-state index in [-0.39, 0.29) is 58.9 Å². The Kier molecular flexibility index (Phi) is 17.7. The van der Waals surface area contributed by atoms with Gasteiger partial charge in [0.1, 0.15) is 0 Å². The molecule has 356 valence electrons. The first-order valence-electron chi connectivity index (χ1n) is 23.1. The smallest absolute Gasteiger partial charge is 0.207 e. The molecule has 0 bridgehead atoms. The quantitative estimate of drug-likeness (QED) is 0.0515. The minimum absolute atomic E-state index is 0.193. The lowest BCUT2D eigenvalue weighted by molar-refractivity contribution is 0.346. The van der Waals surface area contributed by atoms with Gasteiger partial charge in [-0.05, 0) is 152 Å². The van der Waals surface area contributed by atoms with E-state index in [4.69, 9.17) is 0 Å². The molecule has 0 aromatic heterocycles. The first-order chi connectivity index (χ1) is 30.9. The van der Waals surface area contributed by atoms with Crippen LogP contribution in [-0.4, -0.2) is 103 Å². The van der Waals surface area contributed by atoms with Gasteiger partial charge in [0.25, 0.3) is 0 Å². The summed E-state index contributed by atoms with van der Waals surface area (Å²) in [4.78, 5) is 0.908. The maximum atomic E-state index is 14.1. The molecular formula is C49H68N4O8S4. The molecule has 4 aromatic carbocycles. The molecule has 0 N–H and O–H groups in total. The largest absolute Gasteiger partial charge is 0.243 e. The molecule has 0 amide bonds. The second-order valence-corrected chi connectivity index (χ2v) is 25.9. The van der Waals surface area contributed by atoms with E-state index < -0.39 is 40.1 Å². The molecule has 0 aliphatic heterocycles. The summed E-state index contributed by atoms with van der Waals surface area (Å²) in [5.74, 6) is 0.680. The van der Waals surface area contributed by atoms with Crippen LogP contribution in [0.5, 0.6) is 0 Å². The molecular weight excluding hydrogens is 901 g/mol. The van der Waals surface area contributed by atoms with E-state index in [1.807, 2.05) is 27.7 Å². The number of hydrogen-bond acceptors (Lipinski definition) is 8. The summed E-state index contributed by atoms with van der Waals surface area (Å²) in [6.45, 7) is 9.98. The van der Waals surface area contributed by atoms with E-state index in [1.54, 1.807) is 106 Å². The van der Waals surface area contributed by atoms with E-state index in [0.717, 1.165) is 47.9 Å². The minimum Gasteiger partial charge on any atom is -0.207 e. The average molecular weight is 969 g/mol. The number of benzene rings is 4. The van der Waals surface area contributed by atoms with Crippen molar-refractivity contribution in [3.63, 3.8) is 0 Å².